The molecule has 38 heavy (non-hydrogen) atoms. The second-order valence-electron chi connectivity index (χ2n) is 8.26. The maximum Gasteiger partial charge on any atom is 0.231 e. The van der Waals surface area contributed by atoms with E-state index >= 15 is 0 Å². The Labute approximate surface area is 238 Å². The zero-order valence-electron chi connectivity index (χ0n) is 20.9. The van der Waals surface area contributed by atoms with Crippen molar-refractivity contribution in [2.75, 3.05) is 25.1 Å². The number of benzene rings is 2. The first kappa shape index (κ1) is 29.0. The van der Waals surface area contributed by atoms with Gasteiger partial charge in [-0.05, 0) is 42.5 Å². The van der Waals surface area contributed by atoms with E-state index in [0.29, 0.717) is 5.13 Å². The number of azo groups is 1. The molecule has 5 aromatic rings. The monoisotopic (exact) mass is 566 g/mol. The van der Waals surface area contributed by atoms with Crippen LogP contribution in [0.3, 0.4) is 0 Å². The van der Waals surface area contributed by atoms with E-state index in [0.717, 1.165) is 53.5 Å². The second kappa shape index (κ2) is 14.4. The summed E-state index contributed by atoms with van der Waals surface area (Å²) >= 11 is 1.50. The number of rotatable bonds is 10. The third kappa shape index (κ3) is 7.71. The van der Waals surface area contributed by atoms with Crippen molar-refractivity contribution >= 4 is 38.1 Å². The number of halogens is 2. The van der Waals surface area contributed by atoms with E-state index in [9.17, 15) is 0 Å². The average molecular weight is 568 g/mol. The van der Waals surface area contributed by atoms with Crippen molar-refractivity contribution in [3.8, 4) is 5.75 Å². The highest BCUT2D eigenvalue weighted by Crippen LogP contribution is 2.32. The molecule has 0 aliphatic carbocycles. The van der Waals surface area contributed by atoms with Crippen LogP contribution in [0, 0.1) is 0 Å². The highest BCUT2D eigenvalue weighted by atomic mass is 35.5. The van der Waals surface area contributed by atoms with Gasteiger partial charge in [0.2, 0.25) is 5.13 Å². The van der Waals surface area contributed by atoms with Crippen LogP contribution in [0.15, 0.2) is 114 Å². The predicted octanol–water partition coefficient (Wildman–Crippen LogP) is -0.490. The fourth-order valence-electron chi connectivity index (χ4n) is 3.90. The first-order valence-electron chi connectivity index (χ1n) is 11.9. The van der Waals surface area contributed by atoms with Crippen LogP contribution in [-0.4, -0.2) is 25.2 Å². The van der Waals surface area contributed by atoms with Crippen molar-refractivity contribution in [3.05, 3.63) is 104 Å². The van der Waals surface area contributed by atoms with Gasteiger partial charge in [-0.1, -0.05) is 23.5 Å². The molecule has 3 aromatic heterocycles. The maximum absolute atomic E-state index is 5.29. The second-order valence-corrected chi connectivity index (χ2v) is 9.27. The van der Waals surface area contributed by atoms with Crippen molar-refractivity contribution in [3.63, 3.8) is 0 Å². The van der Waals surface area contributed by atoms with Crippen molar-refractivity contribution < 1.29 is 38.7 Å². The molecule has 0 atom stereocenters. The van der Waals surface area contributed by atoms with Crippen molar-refractivity contribution in [2.24, 2.45) is 10.2 Å². The Hall–Kier alpha value is -3.59. The molecule has 0 fully saturated rings. The van der Waals surface area contributed by atoms with Crippen LogP contribution < -0.4 is 43.6 Å². The standard InChI is InChI=1S/C28H28N6OS.2ClH/c1-35-25-12-13-26-27(22-25)36-28(29-26)31-30-23-8-10-24(11-9-23)34(20-18-32-14-4-2-5-15-32)21-19-33-16-6-3-7-17-33;;/h2-17,22H,18-21H2,1H3;2*1H/q+2;;/p-2. The van der Waals surface area contributed by atoms with Gasteiger partial charge in [0.15, 0.2) is 37.9 Å². The number of nitrogens with zero attached hydrogens (tertiary/aromatic N) is 6. The first-order valence-corrected chi connectivity index (χ1v) is 12.7. The van der Waals surface area contributed by atoms with Crippen LogP contribution in [-0.2, 0) is 13.1 Å². The van der Waals surface area contributed by atoms with Crippen molar-refractivity contribution in [1.82, 2.24) is 4.98 Å². The zero-order chi connectivity index (χ0) is 24.6. The molecule has 7 nitrogen and oxygen atoms in total. The third-order valence-electron chi connectivity index (χ3n) is 5.86. The Morgan fingerprint density at radius 3 is 1.97 bits per heavy atom. The molecular weight excluding hydrogens is 539 g/mol. The van der Waals surface area contributed by atoms with Gasteiger partial charge in [0.1, 0.15) is 5.75 Å². The summed E-state index contributed by atoms with van der Waals surface area (Å²) < 4.78 is 10.7. The zero-order valence-corrected chi connectivity index (χ0v) is 23.2. The number of anilines is 1. The molecule has 5 rings (SSSR count). The van der Waals surface area contributed by atoms with E-state index in [4.69, 9.17) is 4.74 Å². The molecule has 0 unspecified atom stereocenters. The lowest BCUT2D eigenvalue weighted by atomic mass is 10.2. The first-order chi connectivity index (χ1) is 17.8. The Balaban J connectivity index is 0.00000200. The maximum atomic E-state index is 5.29. The Morgan fingerprint density at radius 1 is 0.789 bits per heavy atom. The number of hydrogen-bond donors (Lipinski definition) is 0. The van der Waals surface area contributed by atoms with Gasteiger partial charge in [0.05, 0.1) is 36.1 Å². The van der Waals surface area contributed by atoms with E-state index in [-0.39, 0.29) is 24.8 Å². The van der Waals surface area contributed by atoms with Crippen LogP contribution in [0.1, 0.15) is 0 Å². The van der Waals surface area contributed by atoms with Gasteiger partial charge < -0.3 is 34.5 Å². The van der Waals surface area contributed by atoms with E-state index in [1.165, 1.54) is 11.3 Å². The third-order valence-corrected chi connectivity index (χ3v) is 6.76. The number of aromatic nitrogens is 3. The summed E-state index contributed by atoms with van der Waals surface area (Å²) in [5, 5.41) is 9.41. The number of pyridine rings is 2. The van der Waals surface area contributed by atoms with Gasteiger partial charge in [-0.25, -0.2) is 14.1 Å². The average Bonchev–Trinajstić information content (AvgIpc) is 3.35. The summed E-state index contributed by atoms with van der Waals surface area (Å²) in [7, 11) is 1.66. The quantitative estimate of drug-likeness (QED) is 0.169. The van der Waals surface area contributed by atoms with Crippen LogP contribution >= 0.6 is 11.3 Å². The number of thiazole rings is 1. The number of fused-ring (bicyclic) bond motifs is 1. The molecule has 0 N–H and O–H groups in total. The molecule has 0 saturated carbocycles. The fourth-order valence-corrected chi connectivity index (χ4v) is 4.72. The molecule has 0 amide bonds. The normalized spacial score (nSPS) is 10.7. The molecule has 0 aliphatic rings. The molecular formula is C28H28Cl2N6OS. The van der Waals surface area contributed by atoms with Gasteiger partial charge >= 0.3 is 0 Å². The summed E-state index contributed by atoms with van der Waals surface area (Å²) in [4.78, 5) is 6.95. The van der Waals surface area contributed by atoms with Crippen LogP contribution in [0.2, 0.25) is 0 Å². The molecule has 10 heteroatoms. The molecule has 0 bridgehead atoms. The number of hydrogen-bond acceptors (Lipinski definition) is 6. The molecule has 0 radical (unpaired) electrons. The number of ether oxygens (including phenoxy) is 1. The SMILES string of the molecule is COc1ccc2nc(N=Nc3ccc(N(CC[n+]4ccccc4)CC[n+]4ccccc4)cc3)sc2c1.[Cl-].[Cl-]. The number of methoxy groups -OCH3 is 1. The molecule has 0 saturated heterocycles. The van der Waals surface area contributed by atoms with Gasteiger partial charge in [0, 0.05) is 30.0 Å². The molecule has 2 aromatic carbocycles. The molecule has 0 aliphatic heterocycles. The minimum Gasteiger partial charge on any atom is -1.00 e. The molecule has 196 valence electrons. The summed E-state index contributed by atoms with van der Waals surface area (Å²) in [5.41, 5.74) is 2.85. The van der Waals surface area contributed by atoms with E-state index in [1.807, 2.05) is 42.5 Å². The summed E-state index contributed by atoms with van der Waals surface area (Å²) in [6.45, 7) is 3.62. The topological polar surface area (TPSA) is 57.8 Å². The van der Waals surface area contributed by atoms with Gasteiger partial charge in [-0.2, -0.15) is 0 Å². The van der Waals surface area contributed by atoms with E-state index in [2.05, 4.69) is 90.4 Å². The van der Waals surface area contributed by atoms with Crippen LogP contribution in [0.5, 0.6) is 5.75 Å². The lowest BCUT2D eigenvalue weighted by Gasteiger charge is -2.22. The van der Waals surface area contributed by atoms with Crippen LogP contribution in [0.4, 0.5) is 16.5 Å². The van der Waals surface area contributed by atoms with Gasteiger partial charge in [-0.3, -0.25) is 0 Å². The fraction of sp³-hybridized carbons (Fsp3) is 0.179. The predicted molar refractivity (Wildman–Crippen MR) is 142 cm³/mol. The van der Waals surface area contributed by atoms with Crippen LogP contribution in [0.25, 0.3) is 10.2 Å². The Morgan fingerprint density at radius 2 is 1.39 bits per heavy atom. The van der Waals surface area contributed by atoms with E-state index < -0.39 is 0 Å². The Bertz CT molecular complexity index is 1390. The summed E-state index contributed by atoms with van der Waals surface area (Å²) in [5.74, 6) is 0.811. The van der Waals surface area contributed by atoms with E-state index in [1.54, 1.807) is 7.11 Å². The van der Waals surface area contributed by atoms with Gasteiger partial charge in [-0.15, -0.1) is 10.2 Å². The summed E-state index contributed by atoms with van der Waals surface area (Å²) in [6.07, 6.45) is 8.41. The highest BCUT2D eigenvalue weighted by molar-refractivity contribution is 7.21. The minimum atomic E-state index is 0. The minimum absolute atomic E-state index is 0. The van der Waals surface area contributed by atoms with Gasteiger partial charge in [0.25, 0.3) is 0 Å². The van der Waals surface area contributed by atoms with Crippen molar-refractivity contribution in [1.29, 1.82) is 0 Å². The molecule has 0 spiro atoms. The molecule has 3 heterocycles. The smallest absolute Gasteiger partial charge is 0.231 e. The lowest BCUT2D eigenvalue weighted by molar-refractivity contribution is -0.697. The Kier molecular flexibility index (Phi) is 11.0. The summed E-state index contributed by atoms with van der Waals surface area (Å²) in [6, 6.07) is 26.4. The lowest BCUT2D eigenvalue weighted by Crippen LogP contribution is -3.00. The van der Waals surface area contributed by atoms with Crippen molar-refractivity contribution in [2.45, 2.75) is 13.1 Å². The highest BCUT2D eigenvalue weighted by Gasteiger charge is 2.12. The largest absolute Gasteiger partial charge is 1.00 e.